The number of terminal acetylenes is 1. The van der Waals surface area contributed by atoms with E-state index in [4.69, 9.17) is 15.9 Å². The molecule has 2 heterocycles. The maximum Gasteiger partial charge on any atom is 0.233 e. The zero-order chi connectivity index (χ0) is 25.2. The van der Waals surface area contributed by atoms with Crippen molar-refractivity contribution in [1.29, 1.82) is 0 Å². The van der Waals surface area contributed by atoms with Crippen LogP contribution in [0.2, 0.25) is 0 Å². The van der Waals surface area contributed by atoms with Gasteiger partial charge in [-0.05, 0) is 33.6 Å². The smallest absolute Gasteiger partial charge is 0.233 e. The number of ether oxygens (including phenoxy) is 2. The van der Waals surface area contributed by atoms with Crippen molar-refractivity contribution in [2.45, 2.75) is 12.6 Å². The van der Waals surface area contributed by atoms with Crippen LogP contribution in [0.15, 0.2) is 65.3 Å². The first-order valence-corrected chi connectivity index (χ1v) is 12.6. The fraction of sp³-hybridized carbons (Fsp3) is 0.333. The molecule has 0 radical (unpaired) electrons. The number of benzene rings is 2. The number of aliphatic hydroxyl groups is 1. The van der Waals surface area contributed by atoms with Crippen LogP contribution in [0.1, 0.15) is 5.56 Å². The molecule has 0 aliphatic carbocycles. The monoisotopic (exact) mass is 551 g/mol. The Bertz CT molecular complexity index is 1150. The van der Waals surface area contributed by atoms with E-state index in [0.29, 0.717) is 28.6 Å². The number of piperazine rings is 1. The van der Waals surface area contributed by atoms with Gasteiger partial charge in [-0.25, -0.2) is 4.98 Å². The van der Waals surface area contributed by atoms with Gasteiger partial charge in [-0.1, -0.05) is 42.3 Å². The van der Waals surface area contributed by atoms with E-state index in [-0.39, 0.29) is 13.2 Å². The maximum atomic E-state index is 10.5. The lowest BCUT2D eigenvalue weighted by atomic mass is 10.2. The van der Waals surface area contributed by atoms with Gasteiger partial charge in [0.25, 0.3) is 0 Å². The first-order chi connectivity index (χ1) is 17.6. The summed E-state index contributed by atoms with van der Waals surface area (Å²) < 4.78 is 11.9. The third-order valence-corrected chi connectivity index (χ3v) is 6.26. The van der Waals surface area contributed by atoms with E-state index in [1.807, 2.05) is 30.3 Å². The lowest BCUT2D eigenvalue weighted by molar-refractivity contribution is 0.0446. The van der Waals surface area contributed by atoms with Crippen LogP contribution in [-0.2, 0) is 6.54 Å². The third-order valence-electron chi connectivity index (χ3n) is 5.72. The van der Waals surface area contributed by atoms with Gasteiger partial charge >= 0.3 is 0 Å². The van der Waals surface area contributed by atoms with E-state index in [2.05, 4.69) is 71.2 Å². The molecule has 8 nitrogen and oxygen atoms in total. The molecule has 1 aromatic heterocycles. The molecule has 0 spiro atoms. The number of nitrogens with zero attached hydrogens (tertiary/aromatic N) is 4. The zero-order valence-electron chi connectivity index (χ0n) is 20.0. The highest BCUT2D eigenvalue weighted by Gasteiger charge is 2.19. The van der Waals surface area contributed by atoms with E-state index < -0.39 is 6.10 Å². The molecule has 1 unspecified atom stereocenters. The summed E-state index contributed by atoms with van der Waals surface area (Å²) in [5.41, 5.74) is 2.09. The van der Waals surface area contributed by atoms with Gasteiger partial charge in [0, 0.05) is 51.0 Å². The minimum Gasteiger partial charge on any atom is -0.491 e. The van der Waals surface area contributed by atoms with Gasteiger partial charge in [0.05, 0.1) is 10.7 Å². The van der Waals surface area contributed by atoms with Crippen LogP contribution in [-0.4, -0.2) is 76.9 Å². The molecule has 4 rings (SSSR count). The van der Waals surface area contributed by atoms with Crippen molar-refractivity contribution in [1.82, 2.24) is 19.8 Å². The third kappa shape index (κ3) is 7.93. The first kappa shape index (κ1) is 25.9. The predicted octanol–water partition coefficient (Wildman–Crippen LogP) is 3.55. The van der Waals surface area contributed by atoms with Crippen LogP contribution in [0.25, 0.3) is 0 Å². The molecule has 0 bridgehead atoms. The molecule has 9 heteroatoms. The molecule has 1 saturated heterocycles. The van der Waals surface area contributed by atoms with Gasteiger partial charge in [0.1, 0.15) is 18.5 Å². The SMILES string of the molecule is C#CCOc1nc(Nc2cccc(OCC(O)CN3CCN(Cc4ccccc4)CC3)c2)ncc1Br. The van der Waals surface area contributed by atoms with Crippen molar-refractivity contribution in [2.75, 3.05) is 51.3 Å². The first-order valence-electron chi connectivity index (χ1n) is 11.8. The van der Waals surface area contributed by atoms with Gasteiger partial charge in [-0.2, -0.15) is 4.98 Å². The summed E-state index contributed by atoms with van der Waals surface area (Å²) in [4.78, 5) is 13.3. The Morgan fingerprint density at radius 3 is 2.61 bits per heavy atom. The standard InChI is InChI=1S/C27H30BrN5O3/c1-2-15-35-26-25(28)17-29-27(31-26)30-22-9-6-10-24(16-22)36-20-23(34)19-33-13-11-32(12-14-33)18-21-7-4-3-5-8-21/h1,3-10,16-17,23,34H,11-15,18-20H2,(H,29,30,31). The number of rotatable bonds is 11. The van der Waals surface area contributed by atoms with Gasteiger partial charge in [-0.3, -0.25) is 9.80 Å². The van der Waals surface area contributed by atoms with E-state index in [1.165, 1.54) is 5.56 Å². The molecule has 36 heavy (non-hydrogen) atoms. The molecule has 188 valence electrons. The van der Waals surface area contributed by atoms with Crippen molar-refractivity contribution in [2.24, 2.45) is 0 Å². The Hall–Kier alpha value is -3.16. The quantitative estimate of drug-likeness (QED) is 0.350. The molecule has 1 aliphatic rings. The maximum absolute atomic E-state index is 10.5. The molecule has 1 aliphatic heterocycles. The lowest BCUT2D eigenvalue weighted by Crippen LogP contribution is -2.48. The lowest BCUT2D eigenvalue weighted by Gasteiger charge is -2.35. The van der Waals surface area contributed by atoms with E-state index in [0.717, 1.165) is 38.4 Å². The van der Waals surface area contributed by atoms with Crippen molar-refractivity contribution >= 4 is 27.6 Å². The predicted molar refractivity (Wildman–Crippen MR) is 143 cm³/mol. The number of nitrogens with one attached hydrogen (secondary N) is 1. The number of hydrogen-bond donors (Lipinski definition) is 2. The summed E-state index contributed by atoms with van der Waals surface area (Å²) >= 11 is 3.35. The van der Waals surface area contributed by atoms with Crippen molar-refractivity contribution in [3.8, 4) is 24.0 Å². The number of β-amino-alcohol motifs (C(OH)–C–C–N with tert-alkyl or cyclic N) is 1. The van der Waals surface area contributed by atoms with Gasteiger partial charge in [-0.15, -0.1) is 6.42 Å². The van der Waals surface area contributed by atoms with E-state index in [9.17, 15) is 5.11 Å². The summed E-state index contributed by atoms with van der Waals surface area (Å²) in [5.74, 6) is 3.79. The van der Waals surface area contributed by atoms with Gasteiger partial charge in [0.15, 0.2) is 6.61 Å². The Labute approximate surface area is 220 Å². The Morgan fingerprint density at radius 2 is 1.83 bits per heavy atom. The number of hydrogen-bond acceptors (Lipinski definition) is 8. The average molecular weight is 552 g/mol. The fourth-order valence-corrected chi connectivity index (χ4v) is 4.24. The molecular weight excluding hydrogens is 522 g/mol. The highest BCUT2D eigenvalue weighted by atomic mass is 79.9. The van der Waals surface area contributed by atoms with Crippen LogP contribution >= 0.6 is 15.9 Å². The molecule has 3 aromatic rings. The fourth-order valence-electron chi connectivity index (χ4n) is 3.93. The number of aromatic nitrogens is 2. The normalized spacial score (nSPS) is 15.1. The second-order valence-corrected chi connectivity index (χ2v) is 9.37. The minimum absolute atomic E-state index is 0.115. The van der Waals surface area contributed by atoms with Crippen LogP contribution < -0.4 is 14.8 Å². The topological polar surface area (TPSA) is 83.0 Å². The van der Waals surface area contributed by atoms with Gasteiger partial charge < -0.3 is 19.9 Å². The van der Waals surface area contributed by atoms with Crippen LogP contribution in [0.3, 0.4) is 0 Å². The molecule has 1 fully saturated rings. The van der Waals surface area contributed by atoms with Gasteiger partial charge in [0.2, 0.25) is 11.8 Å². The van der Waals surface area contributed by atoms with Crippen LogP contribution in [0, 0.1) is 12.3 Å². The average Bonchev–Trinajstić information content (AvgIpc) is 2.90. The Kier molecular flexibility index (Phi) is 9.53. The summed E-state index contributed by atoms with van der Waals surface area (Å²) in [6.07, 6.45) is 6.27. The van der Waals surface area contributed by atoms with Crippen molar-refractivity contribution in [3.63, 3.8) is 0 Å². The minimum atomic E-state index is -0.576. The number of anilines is 2. The highest BCUT2D eigenvalue weighted by Crippen LogP contribution is 2.25. The van der Waals surface area contributed by atoms with E-state index in [1.54, 1.807) is 6.20 Å². The summed E-state index contributed by atoms with van der Waals surface area (Å²) in [6, 6.07) is 18.0. The van der Waals surface area contributed by atoms with Crippen molar-refractivity contribution < 1.29 is 14.6 Å². The number of aliphatic hydroxyl groups excluding tert-OH is 1. The highest BCUT2D eigenvalue weighted by molar-refractivity contribution is 9.10. The molecule has 2 N–H and O–H groups in total. The second-order valence-electron chi connectivity index (χ2n) is 8.52. The van der Waals surface area contributed by atoms with Crippen LogP contribution in [0.5, 0.6) is 11.6 Å². The molecule has 0 amide bonds. The summed E-state index contributed by atoms with van der Waals surface area (Å²) in [7, 11) is 0. The number of halogens is 1. The van der Waals surface area contributed by atoms with E-state index >= 15 is 0 Å². The summed E-state index contributed by atoms with van der Waals surface area (Å²) in [5, 5.41) is 13.7. The molecule has 2 aromatic carbocycles. The molecular formula is C27H30BrN5O3. The Morgan fingerprint density at radius 1 is 1.06 bits per heavy atom. The summed E-state index contributed by atoms with van der Waals surface area (Å²) in [6.45, 7) is 5.73. The molecule has 0 saturated carbocycles. The second kappa shape index (κ2) is 13.2. The zero-order valence-corrected chi connectivity index (χ0v) is 21.6. The largest absolute Gasteiger partial charge is 0.491 e. The van der Waals surface area contributed by atoms with Crippen LogP contribution in [0.4, 0.5) is 11.6 Å². The molecule has 1 atom stereocenters. The van der Waals surface area contributed by atoms with Crippen molar-refractivity contribution in [3.05, 3.63) is 70.8 Å². The Balaban J connectivity index is 1.22.